The summed E-state index contributed by atoms with van der Waals surface area (Å²) in [4.78, 5) is 15.2. The third-order valence-electron chi connectivity index (χ3n) is 6.97. The number of carbonyl (C=O) groups excluding carboxylic acids is 1. The second kappa shape index (κ2) is 8.16. The second-order valence-corrected chi connectivity index (χ2v) is 9.70. The first-order valence-corrected chi connectivity index (χ1v) is 11.6. The van der Waals surface area contributed by atoms with Crippen LogP contribution in [0.4, 0.5) is 0 Å². The molecule has 0 radical (unpaired) electrons. The topological polar surface area (TPSA) is 34.5 Å². The maximum absolute atomic E-state index is 13.2. The molecule has 1 aliphatic heterocycles. The largest absolute Gasteiger partial charge is 0.372 e. The first-order valence-electron chi connectivity index (χ1n) is 11.6. The Morgan fingerprint density at radius 2 is 1.68 bits per heavy atom. The maximum Gasteiger partial charge on any atom is 0.225 e. The predicted molar refractivity (Wildman–Crippen MR) is 125 cm³/mol. The number of amides is 1. The lowest BCUT2D eigenvalue weighted by Crippen LogP contribution is -2.52. The van der Waals surface area contributed by atoms with Crippen molar-refractivity contribution in [2.45, 2.75) is 51.2 Å². The highest BCUT2D eigenvalue weighted by Gasteiger charge is 2.35. The summed E-state index contributed by atoms with van der Waals surface area (Å²) in [5.74, 6) is 0.475. The van der Waals surface area contributed by atoms with Gasteiger partial charge in [-0.1, -0.05) is 48.5 Å². The number of aromatic nitrogens is 1. The van der Waals surface area contributed by atoms with Crippen molar-refractivity contribution >= 4 is 16.8 Å². The minimum atomic E-state index is -0.236. The van der Waals surface area contributed by atoms with Gasteiger partial charge in [-0.05, 0) is 57.2 Å². The van der Waals surface area contributed by atoms with Crippen LogP contribution in [0.5, 0.6) is 0 Å². The molecule has 0 N–H and O–H groups in total. The van der Waals surface area contributed by atoms with E-state index in [0.29, 0.717) is 25.1 Å². The number of carbonyl (C=O) groups is 1. The fourth-order valence-corrected chi connectivity index (χ4v) is 5.44. The van der Waals surface area contributed by atoms with Gasteiger partial charge >= 0.3 is 0 Å². The van der Waals surface area contributed by atoms with Gasteiger partial charge in [0, 0.05) is 41.6 Å². The van der Waals surface area contributed by atoms with E-state index in [1.807, 2.05) is 4.90 Å². The number of nitrogens with zero attached hydrogens (tertiary/aromatic N) is 2. The molecule has 2 heterocycles. The normalized spacial score (nSPS) is 23.7. The molecule has 0 unspecified atom stereocenters. The van der Waals surface area contributed by atoms with Crippen LogP contribution in [-0.2, 0) is 9.53 Å². The molecule has 1 saturated carbocycles. The van der Waals surface area contributed by atoms with E-state index >= 15 is 0 Å². The van der Waals surface area contributed by atoms with Gasteiger partial charge in [-0.15, -0.1) is 0 Å². The summed E-state index contributed by atoms with van der Waals surface area (Å²) in [6.45, 7) is 6.22. The molecule has 1 aromatic heterocycles. The predicted octanol–water partition coefficient (Wildman–Crippen LogP) is 5.68. The molecule has 31 heavy (non-hydrogen) atoms. The Balaban J connectivity index is 1.37. The van der Waals surface area contributed by atoms with Gasteiger partial charge in [0.2, 0.25) is 5.91 Å². The highest BCUT2D eigenvalue weighted by Crippen LogP contribution is 2.40. The lowest BCUT2D eigenvalue weighted by atomic mass is 9.84. The number of hydrogen-bond donors (Lipinski definition) is 0. The van der Waals surface area contributed by atoms with Gasteiger partial charge < -0.3 is 14.2 Å². The lowest BCUT2D eigenvalue weighted by molar-refractivity contribution is -0.151. The van der Waals surface area contributed by atoms with Crippen LogP contribution in [0.15, 0.2) is 60.7 Å². The molecule has 1 amide bonds. The monoisotopic (exact) mass is 416 g/mol. The minimum Gasteiger partial charge on any atom is -0.372 e. The average molecular weight is 417 g/mol. The standard InChI is InChI=1S/C27H32N2O2/c1-27(2)19-28(16-17-31-27)26(30)21-12-14-23(15-13-21)29-24-11-7-6-10-22(24)18-25(29)20-8-4-3-5-9-20/h3-11,18,21,23H,12-17,19H2,1-2H3. The molecule has 0 spiro atoms. The van der Waals surface area contributed by atoms with E-state index in [0.717, 1.165) is 32.2 Å². The van der Waals surface area contributed by atoms with Crippen LogP contribution >= 0.6 is 0 Å². The SMILES string of the molecule is CC1(C)CN(C(=O)C2CCC(n3c(-c4ccccc4)cc4ccccc43)CC2)CCO1. The molecule has 5 rings (SSSR count). The number of rotatable bonds is 3. The molecule has 162 valence electrons. The zero-order valence-electron chi connectivity index (χ0n) is 18.6. The van der Waals surface area contributed by atoms with Crippen molar-refractivity contribution in [2.24, 2.45) is 5.92 Å². The number of para-hydroxylation sites is 1. The quantitative estimate of drug-likeness (QED) is 0.551. The molecule has 3 aromatic rings. The van der Waals surface area contributed by atoms with E-state index in [9.17, 15) is 4.79 Å². The van der Waals surface area contributed by atoms with Gasteiger partial charge in [-0.3, -0.25) is 4.79 Å². The van der Waals surface area contributed by atoms with Crippen LogP contribution in [0.2, 0.25) is 0 Å². The second-order valence-electron chi connectivity index (χ2n) is 9.70. The van der Waals surface area contributed by atoms with Gasteiger partial charge in [-0.2, -0.15) is 0 Å². The number of fused-ring (bicyclic) bond motifs is 1. The van der Waals surface area contributed by atoms with E-state index in [1.54, 1.807) is 0 Å². The fourth-order valence-electron chi connectivity index (χ4n) is 5.44. The average Bonchev–Trinajstić information content (AvgIpc) is 3.18. The van der Waals surface area contributed by atoms with Crippen LogP contribution in [-0.4, -0.2) is 40.7 Å². The molecule has 4 nitrogen and oxygen atoms in total. The zero-order valence-corrected chi connectivity index (χ0v) is 18.6. The van der Waals surface area contributed by atoms with E-state index in [2.05, 4.69) is 79.1 Å². The van der Waals surface area contributed by atoms with Crippen LogP contribution in [0.3, 0.4) is 0 Å². The molecule has 0 atom stereocenters. The lowest BCUT2D eigenvalue weighted by Gasteiger charge is -2.40. The molecule has 1 saturated heterocycles. The Morgan fingerprint density at radius 3 is 2.42 bits per heavy atom. The summed E-state index contributed by atoms with van der Waals surface area (Å²) in [5, 5.41) is 1.29. The highest BCUT2D eigenvalue weighted by molar-refractivity contribution is 5.87. The zero-order chi connectivity index (χ0) is 21.4. The van der Waals surface area contributed by atoms with Crippen molar-refractivity contribution in [3.63, 3.8) is 0 Å². The third kappa shape index (κ3) is 4.01. The maximum atomic E-state index is 13.2. The fraction of sp³-hybridized carbons (Fsp3) is 0.444. The third-order valence-corrected chi connectivity index (χ3v) is 6.97. The van der Waals surface area contributed by atoms with Crippen LogP contribution < -0.4 is 0 Å². The van der Waals surface area contributed by atoms with Crippen LogP contribution in [0.25, 0.3) is 22.2 Å². The van der Waals surface area contributed by atoms with Crippen LogP contribution in [0, 0.1) is 5.92 Å². The van der Waals surface area contributed by atoms with Crippen molar-refractivity contribution in [3.8, 4) is 11.3 Å². The van der Waals surface area contributed by atoms with Gasteiger partial charge in [0.25, 0.3) is 0 Å². The molecule has 4 heteroatoms. The minimum absolute atomic E-state index is 0.146. The summed E-state index contributed by atoms with van der Waals surface area (Å²) in [6.07, 6.45) is 4.01. The molecule has 1 aliphatic carbocycles. The van der Waals surface area contributed by atoms with E-state index in [4.69, 9.17) is 4.74 Å². The smallest absolute Gasteiger partial charge is 0.225 e. The molecule has 2 aromatic carbocycles. The number of ether oxygens (including phenoxy) is 1. The van der Waals surface area contributed by atoms with Crippen molar-refractivity contribution in [2.75, 3.05) is 19.7 Å². The molecular formula is C27H32N2O2. The Hall–Kier alpha value is -2.59. The Morgan fingerprint density at radius 1 is 0.968 bits per heavy atom. The number of benzene rings is 2. The summed E-state index contributed by atoms with van der Waals surface area (Å²) in [7, 11) is 0. The first kappa shape index (κ1) is 20.3. The van der Waals surface area contributed by atoms with Crippen molar-refractivity contribution in [1.82, 2.24) is 9.47 Å². The van der Waals surface area contributed by atoms with E-state index in [1.165, 1.54) is 22.2 Å². The Kier molecular flexibility index (Phi) is 5.35. The van der Waals surface area contributed by atoms with Gasteiger partial charge in [0.1, 0.15) is 0 Å². The van der Waals surface area contributed by atoms with Crippen LogP contribution in [0.1, 0.15) is 45.6 Å². The summed E-state index contributed by atoms with van der Waals surface area (Å²) in [6, 6.07) is 22.1. The molecule has 0 bridgehead atoms. The summed E-state index contributed by atoms with van der Waals surface area (Å²) in [5.41, 5.74) is 3.60. The molecular weight excluding hydrogens is 384 g/mol. The van der Waals surface area contributed by atoms with Crippen molar-refractivity contribution < 1.29 is 9.53 Å². The van der Waals surface area contributed by atoms with Crippen molar-refractivity contribution in [3.05, 3.63) is 60.7 Å². The molecule has 2 fully saturated rings. The van der Waals surface area contributed by atoms with Crippen molar-refractivity contribution in [1.29, 1.82) is 0 Å². The molecule has 2 aliphatic rings. The Labute approximate surface area is 184 Å². The summed E-state index contributed by atoms with van der Waals surface area (Å²) < 4.78 is 8.33. The van der Waals surface area contributed by atoms with E-state index in [-0.39, 0.29) is 11.5 Å². The first-order chi connectivity index (χ1) is 15.0. The Bertz CT molecular complexity index is 1060. The number of hydrogen-bond acceptors (Lipinski definition) is 2. The van der Waals surface area contributed by atoms with Gasteiger partial charge in [0.15, 0.2) is 0 Å². The summed E-state index contributed by atoms with van der Waals surface area (Å²) >= 11 is 0. The van der Waals surface area contributed by atoms with E-state index < -0.39 is 0 Å². The van der Waals surface area contributed by atoms with Gasteiger partial charge in [0.05, 0.1) is 12.2 Å². The number of morpholine rings is 1. The van der Waals surface area contributed by atoms with Gasteiger partial charge in [-0.25, -0.2) is 0 Å². The highest BCUT2D eigenvalue weighted by atomic mass is 16.5.